The Morgan fingerprint density at radius 1 is 1.33 bits per heavy atom. The zero-order chi connectivity index (χ0) is 17.3. The Bertz CT molecular complexity index is 723. The van der Waals surface area contributed by atoms with Gasteiger partial charge in [-0.3, -0.25) is 4.98 Å². The molecule has 0 saturated carbocycles. The van der Waals surface area contributed by atoms with E-state index in [1.54, 1.807) is 19.2 Å². The highest BCUT2D eigenvalue weighted by Gasteiger charge is 2.33. The topological polar surface area (TPSA) is 54.8 Å². The van der Waals surface area contributed by atoms with Gasteiger partial charge in [0, 0.05) is 37.0 Å². The van der Waals surface area contributed by atoms with Crippen molar-refractivity contribution in [2.45, 2.75) is 24.9 Å². The second-order valence-electron chi connectivity index (χ2n) is 5.64. The molecule has 2 aromatic rings. The summed E-state index contributed by atoms with van der Waals surface area (Å²) in [6.07, 6.45) is -2.53. The standard InChI is InChI=1S/C16H17F3N2O3/c1-23-12-6-10(9-22)21(8-12)15-4-5-20-14-7-11(2-3-13(14)15)24-16(17,18)19/h2-5,7,10,12,22H,6,8-9H2,1H3/t10-,12-/m0/s1. The van der Waals surface area contributed by atoms with E-state index in [4.69, 9.17) is 4.74 Å². The Kier molecular flexibility index (Phi) is 4.51. The molecule has 130 valence electrons. The Hall–Kier alpha value is -2.06. The van der Waals surface area contributed by atoms with Gasteiger partial charge in [-0.2, -0.15) is 0 Å². The number of nitrogens with zero attached hydrogens (tertiary/aromatic N) is 2. The number of ether oxygens (including phenoxy) is 2. The van der Waals surface area contributed by atoms with Crippen LogP contribution in [0.5, 0.6) is 5.75 Å². The van der Waals surface area contributed by atoms with Gasteiger partial charge in [0.05, 0.1) is 24.3 Å². The van der Waals surface area contributed by atoms with Crippen LogP contribution in [-0.4, -0.2) is 48.9 Å². The minimum atomic E-state index is -4.74. The fourth-order valence-corrected chi connectivity index (χ4v) is 3.07. The number of fused-ring (bicyclic) bond motifs is 1. The lowest BCUT2D eigenvalue weighted by atomic mass is 10.1. The first-order chi connectivity index (χ1) is 11.4. The first-order valence-corrected chi connectivity index (χ1v) is 7.46. The van der Waals surface area contributed by atoms with Crippen molar-refractivity contribution in [2.24, 2.45) is 0 Å². The van der Waals surface area contributed by atoms with Crippen molar-refractivity contribution in [3.8, 4) is 5.75 Å². The second kappa shape index (κ2) is 6.45. The second-order valence-corrected chi connectivity index (χ2v) is 5.64. The van der Waals surface area contributed by atoms with E-state index in [0.717, 1.165) is 5.69 Å². The van der Waals surface area contributed by atoms with Gasteiger partial charge in [0.2, 0.25) is 0 Å². The molecule has 24 heavy (non-hydrogen) atoms. The molecule has 5 nitrogen and oxygen atoms in total. The largest absolute Gasteiger partial charge is 0.573 e. The molecule has 1 aromatic heterocycles. The molecule has 0 aliphatic carbocycles. The number of pyridine rings is 1. The predicted octanol–water partition coefficient (Wildman–Crippen LogP) is 2.72. The predicted molar refractivity (Wildman–Crippen MR) is 82.1 cm³/mol. The smallest absolute Gasteiger partial charge is 0.406 e. The summed E-state index contributed by atoms with van der Waals surface area (Å²) in [6.45, 7) is 0.570. The van der Waals surface area contributed by atoms with Crippen molar-refractivity contribution in [2.75, 3.05) is 25.2 Å². The highest BCUT2D eigenvalue weighted by atomic mass is 19.4. The van der Waals surface area contributed by atoms with Gasteiger partial charge in [-0.15, -0.1) is 13.2 Å². The number of aliphatic hydroxyl groups excluding tert-OH is 1. The molecule has 0 amide bonds. The van der Waals surface area contributed by atoms with Gasteiger partial charge in [-0.05, 0) is 24.6 Å². The van der Waals surface area contributed by atoms with Gasteiger partial charge in [0.25, 0.3) is 0 Å². The van der Waals surface area contributed by atoms with Crippen LogP contribution in [0.1, 0.15) is 6.42 Å². The molecule has 2 atom stereocenters. The van der Waals surface area contributed by atoms with Crippen LogP contribution in [-0.2, 0) is 4.74 Å². The molecule has 1 N–H and O–H groups in total. The lowest BCUT2D eigenvalue weighted by Crippen LogP contribution is -2.32. The first-order valence-electron chi connectivity index (χ1n) is 7.46. The fourth-order valence-electron chi connectivity index (χ4n) is 3.07. The molecule has 0 radical (unpaired) electrons. The quantitative estimate of drug-likeness (QED) is 0.926. The Labute approximate surface area is 136 Å². The maximum absolute atomic E-state index is 12.4. The van der Waals surface area contributed by atoms with Crippen molar-refractivity contribution in [1.29, 1.82) is 0 Å². The summed E-state index contributed by atoms with van der Waals surface area (Å²) in [7, 11) is 1.62. The minimum absolute atomic E-state index is 0.00167. The van der Waals surface area contributed by atoms with Crippen molar-refractivity contribution in [3.05, 3.63) is 30.5 Å². The van der Waals surface area contributed by atoms with Crippen LogP contribution in [0.2, 0.25) is 0 Å². The molecule has 1 fully saturated rings. The third-order valence-corrected chi connectivity index (χ3v) is 4.15. The summed E-state index contributed by atoms with van der Waals surface area (Å²) in [5.41, 5.74) is 1.20. The van der Waals surface area contributed by atoms with Gasteiger partial charge in [-0.25, -0.2) is 0 Å². The van der Waals surface area contributed by atoms with E-state index in [0.29, 0.717) is 23.9 Å². The average Bonchev–Trinajstić information content (AvgIpc) is 2.95. The molecule has 2 heterocycles. The molecule has 1 aromatic carbocycles. The normalized spacial score (nSPS) is 21.5. The van der Waals surface area contributed by atoms with Crippen molar-refractivity contribution in [3.63, 3.8) is 0 Å². The third kappa shape index (κ3) is 3.39. The SMILES string of the molecule is CO[C@H]1C[C@@H](CO)N(c2ccnc3cc(OC(F)(F)F)ccc23)C1. The molecule has 1 aliphatic heterocycles. The number of rotatable bonds is 4. The first kappa shape index (κ1) is 16.8. The van der Waals surface area contributed by atoms with E-state index < -0.39 is 6.36 Å². The van der Waals surface area contributed by atoms with Crippen LogP contribution in [0.25, 0.3) is 10.9 Å². The zero-order valence-electron chi connectivity index (χ0n) is 13.0. The van der Waals surface area contributed by atoms with Crippen LogP contribution >= 0.6 is 0 Å². The fraction of sp³-hybridized carbons (Fsp3) is 0.438. The maximum atomic E-state index is 12.4. The molecule has 1 saturated heterocycles. The van der Waals surface area contributed by atoms with E-state index in [-0.39, 0.29) is 24.5 Å². The van der Waals surface area contributed by atoms with E-state index in [1.165, 1.54) is 18.3 Å². The maximum Gasteiger partial charge on any atom is 0.573 e. The van der Waals surface area contributed by atoms with Crippen LogP contribution in [0.4, 0.5) is 18.9 Å². The summed E-state index contributed by atoms with van der Waals surface area (Å²) in [5.74, 6) is -0.311. The number of anilines is 1. The number of alkyl halides is 3. The highest BCUT2D eigenvalue weighted by Crippen LogP contribution is 2.34. The van der Waals surface area contributed by atoms with Crippen LogP contribution in [0, 0.1) is 0 Å². The molecule has 0 bridgehead atoms. The van der Waals surface area contributed by atoms with Gasteiger partial charge in [-0.1, -0.05) is 0 Å². The molecule has 0 unspecified atom stereocenters. The Morgan fingerprint density at radius 2 is 2.12 bits per heavy atom. The van der Waals surface area contributed by atoms with Crippen LogP contribution in [0.3, 0.4) is 0 Å². The number of methoxy groups -OCH3 is 1. The van der Waals surface area contributed by atoms with Crippen molar-refractivity contribution >= 4 is 16.6 Å². The van der Waals surface area contributed by atoms with E-state index in [2.05, 4.69) is 9.72 Å². The Morgan fingerprint density at radius 3 is 2.79 bits per heavy atom. The Balaban J connectivity index is 1.97. The number of hydrogen-bond donors (Lipinski definition) is 1. The number of hydrogen-bond acceptors (Lipinski definition) is 5. The zero-order valence-corrected chi connectivity index (χ0v) is 13.0. The van der Waals surface area contributed by atoms with Gasteiger partial charge in [0.1, 0.15) is 5.75 Å². The lowest BCUT2D eigenvalue weighted by Gasteiger charge is -2.26. The van der Waals surface area contributed by atoms with Crippen LogP contribution in [0.15, 0.2) is 30.5 Å². The van der Waals surface area contributed by atoms with Gasteiger partial charge in [0.15, 0.2) is 0 Å². The van der Waals surface area contributed by atoms with E-state index >= 15 is 0 Å². The molecular weight excluding hydrogens is 325 g/mol. The summed E-state index contributed by atoms with van der Waals surface area (Å²) < 4.78 is 46.4. The van der Waals surface area contributed by atoms with E-state index in [9.17, 15) is 18.3 Å². The molecular formula is C16H17F3N2O3. The molecule has 1 aliphatic rings. The number of benzene rings is 1. The third-order valence-electron chi connectivity index (χ3n) is 4.15. The summed E-state index contributed by atoms with van der Waals surface area (Å²) in [4.78, 5) is 6.13. The summed E-state index contributed by atoms with van der Waals surface area (Å²) in [6, 6.07) is 5.75. The number of aromatic nitrogens is 1. The highest BCUT2D eigenvalue weighted by molar-refractivity contribution is 5.92. The summed E-state index contributed by atoms with van der Waals surface area (Å²) in [5, 5.41) is 10.3. The average molecular weight is 342 g/mol. The summed E-state index contributed by atoms with van der Waals surface area (Å²) >= 11 is 0. The molecule has 3 rings (SSSR count). The van der Waals surface area contributed by atoms with Crippen molar-refractivity contribution < 1.29 is 27.8 Å². The molecule has 8 heteroatoms. The lowest BCUT2D eigenvalue weighted by molar-refractivity contribution is -0.274. The van der Waals surface area contributed by atoms with Gasteiger partial charge >= 0.3 is 6.36 Å². The van der Waals surface area contributed by atoms with Crippen molar-refractivity contribution in [1.82, 2.24) is 4.98 Å². The monoisotopic (exact) mass is 342 g/mol. The van der Waals surface area contributed by atoms with Crippen LogP contribution < -0.4 is 9.64 Å². The molecule has 0 spiro atoms. The van der Waals surface area contributed by atoms with E-state index in [1.807, 2.05) is 4.90 Å². The minimum Gasteiger partial charge on any atom is -0.406 e. The number of halogens is 3. The number of aliphatic hydroxyl groups is 1. The van der Waals surface area contributed by atoms with Gasteiger partial charge < -0.3 is 19.5 Å².